The summed E-state index contributed by atoms with van der Waals surface area (Å²) in [6.45, 7) is 8.80. The van der Waals surface area contributed by atoms with Crippen LogP contribution in [-0.2, 0) is 0 Å². The van der Waals surface area contributed by atoms with Gasteiger partial charge in [-0.25, -0.2) is 0 Å². The van der Waals surface area contributed by atoms with Crippen LogP contribution in [0.4, 0.5) is 0 Å². The van der Waals surface area contributed by atoms with Crippen molar-refractivity contribution in [1.29, 1.82) is 0 Å². The lowest BCUT2D eigenvalue weighted by Crippen LogP contribution is -2.61. The van der Waals surface area contributed by atoms with Gasteiger partial charge in [0.2, 0.25) is 0 Å². The topological polar surface area (TPSA) is 43.7 Å². The molecule has 1 heterocycles. The van der Waals surface area contributed by atoms with Crippen LogP contribution < -0.4 is 0 Å². The number of aliphatic hydroxyl groups is 2. The fourth-order valence-electron chi connectivity index (χ4n) is 3.87. The van der Waals surface area contributed by atoms with E-state index in [1.807, 2.05) is 30.3 Å². The number of nitrogens with zero attached hydrogens (tertiary/aromatic N) is 1. The number of benzene rings is 1. The van der Waals surface area contributed by atoms with E-state index in [0.717, 1.165) is 18.4 Å². The molecule has 20 heavy (non-hydrogen) atoms. The second-order valence-corrected chi connectivity index (χ2v) is 7.12. The van der Waals surface area contributed by atoms with Crippen LogP contribution in [0.15, 0.2) is 30.3 Å². The minimum atomic E-state index is -1.38. The molecule has 1 aliphatic heterocycles. The highest BCUT2D eigenvalue weighted by molar-refractivity contribution is 5.21. The molecule has 1 aromatic rings. The van der Waals surface area contributed by atoms with E-state index in [0.29, 0.717) is 0 Å². The molecule has 1 fully saturated rings. The van der Waals surface area contributed by atoms with Crippen molar-refractivity contribution in [3.05, 3.63) is 35.9 Å². The van der Waals surface area contributed by atoms with E-state index in [2.05, 4.69) is 32.6 Å². The van der Waals surface area contributed by atoms with E-state index in [1.54, 1.807) is 0 Å². The second-order valence-electron chi connectivity index (χ2n) is 7.12. The summed E-state index contributed by atoms with van der Waals surface area (Å²) in [5.41, 5.74) is 0.864. The van der Waals surface area contributed by atoms with Crippen molar-refractivity contribution in [3.63, 3.8) is 0 Å². The van der Waals surface area contributed by atoms with E-state index in [-0.39, 0.29) is 17.1 Å². The highest BCUT2D eigenvalue weighted by Gasteiger charge is 2.47. The number of hydrogen-bond donors (Lipinski definition) is 2. The number of likely N-dealkylation sites (tertiary alicyclic amines) is 1. The molecule has 1 aliphatic rings. The fourth-order valence-corrected chi connectivity index (χ4v) is 3.87. The normalized spacial score (nSPS) is 23.8. The maximum atomic E-state index is 10.00. The first-order valence-electron chi connectivity index (χ1n) is 7.46. The quantitative estimate of drug-likeness (QED) is 0.834. The van der Waals surface area contributed by atoms with Crippen molar-refractivity contribution < 1.29 is 10.2 Å². The molecule has 0 aromatic heterocycles. The molecule has 0 amide bonds. The molecule has 0 aliphatic carbocycles. The predicted molar refractivity (Wildman–Crippen MR) is 81.3 cm³/mol. The Kier molecular flexibility index (Phi) is 4.24. The van der Waals surface area contributed by atoms with Gasteiger partial charge in [-0.05, 0) is 52.5 Å². The van der Waals surface area contributed by atoms with E-state index in [1.165, 1.54) is 6.42 Å². The zero-order valence-corrected chi connectivity index (χ0v) is 13.0. The fraction of sp³-hybridized carbons (Fsp3) is 0.647. The summed E-state index contributed by atoms with van der Waals surface area (Å²) < 4.78 is 0. The molecule has 0 radical (unpaired) electrons. The molecule has 2 N–H and O–H groups in total. The van der Waals surface area contributed by atoms with Crippen molar-refractivity contribution in [2.45, 2.75) is 70.4 Å². The lowest BCUT2D eigenvalue weighted by molar-refractivity contribution is -0.163. The van der Waals surface area contributed by atoms with Crippen LogP contribution in [0.2, 0.25) is 0 Å². The van der Waals surface area contributed by atoms with Crippen LogP contribution in [0.5, 0.6) is 0 Å². The second kappa shape index (κ2) is 5.47. The van der Waals surface area contributed by atoms with Crippen molar-refractivity contribution in [1.82, 2.24) is 4.90 Å². The molecule has 1 aromatic carbocycles. The molecular weight excluding hydrogens is 250 g/mol. The average molecular weight is 277 g/mol. The summed E-state index contributed by atoms with van der Waals surface area (Å²) in [6.07, 6.45) is 1.95. The standard InChI is InChI=1S/C17H27NO2/c1-16(2)11-8-12-17(3,4)18(16)14(15(19)20)13-9-6-5-7-10-13/h5-7,9-10,14-15,19-20H,8,11-12H2,1-4H3. The van der Waals surface area contributed by atoms with Gasteiger partial charge in [-0.15, -0.1) is 0 Å². The Morgan fingerprint density at radius 3 is 1.90 bits per heavy atom. The Balaban J connectivity index is 2.46. The molecule has 0 saturated carbocycles. The summed E-state index contributed by atoms with van der Waals surface area (Å²) >= 11 is 0. The molecule has 1 unspecified atom stereocenters. The third kappa shape index (κ3) is 2.90. The summed E-state index contributed by atoms with van der Waals surface area (Å²) in [5, 5.41) is 20.0. The smallest absolute Gasteiger partial charge is 0.171 e. The summed E-state index contributed by atoms with van der Waals surface area (Å²) in [6, 6.07) is 9.43. The van der Waals surface area contributed by atoms with Gasteiger partial charge in [0.05, 0.1) is 6.04 Å². The summed E-state index contributed by atoms with van der Waals surface area (Å²) in [7, 11) is 0. The van der Waals surface area contributed by atoms with Gasteiger partial charge in [0.15, 0.2) is 6.29 Å². The van der Waals surface area contributed by atoms with Crippen LogP contribution >= 0.6 is 0 Å². The lowest BCUT2D eigenvalue weighted by Gasteiger charge is -2.56. The van der Waals surface area contributed by atoms with Crippen LogP contribution in [-0.4, -0.2) is 32.5 Å². The number of rotatable bonds is 3. The zero-order chi connectivity index (χ0) is 15.0. The van der Waals surface area contributed by atoms with E-state index in [4.69, 9.17) is 0 Å². The van der Waals surface area contributed by atoms with Crippen LogP contribution in [0, 0.1) is 0 Å². The first-order valence-corrected chi connectivity index (χ1v) is 7.46. The average Bonchev–Trinajstić information content (AvgIpc) is 2.34. The maximum Gasteiger partial charge on any atom is 0.171 e. The van der Waals surface area contributed by atoms with Crippen molar-refractivity contribution >= 4 is 0 Å². The van der Waals surface area contributed by atoms with Crippen LogP contribution in [0.25, 0.3) is 0 Å². The molecule has 1 saturated heterocycles. The van der Waals surface area contributed by atoms with Gasteiger partial charge in [-0.2, -0.15) is 0 Å². The van der Waals surface area contributed by atoms with Crippen molar-refractivity contribution in [2.75, 3.05) is 0 Å². The molecule has 1 atom stereocenters. The predicted octanol–water partition coefficient (Wildman–Crippen LogP) is 3.08. The number of piperidine rings is 1. The first-order chi connectivity index (χ1) is 9.26. The van der Waals surface area contributed by atoms with Gasteiger partial charge in [0.1, 0.15) is 0 Å². The Morgan fingerprint density at radius 2 is 1.45 bits per heavy atom. The molecule has 2 rings (SSSR count). The van der Waals surface area contributed by atoms with Crippen molar-refractivity contribution in [2.24, 2.45) is 0 Å². The van der Waals surface area contributed by atoms with Gasteiger partial charge in [-0.3, -0.25) is 4.90 Å². The Morgan fingerprint density at radius 1 is 0.950 bits per heavy atom. The third-order valence-electron chi connectivity index (χ3n) is 4.58. The van der Waals surface area contributed by atoms with E-state index in [9.17, 15) is 10.2 Å². The minimum absolute atomic E-state index is 0.0496. The SMILES string of the molecule is CC1(C)CCCC(C)(C)N1C(c1ccccc1)C(O)O. The first kappa shape index (κ1) is 15.5. The third-order valence-corrected chi connectivity index (χ3v) is 4.58. The molecule has 3 heteroatoms. The van der Waals surface area contributed by atoms with Gasteiger partial charge >= 0.3 is 0 Å². The highest BCUT2D eigenvalue weighted by atomic mass is 16.5. The minimum Gasteiger partial charge on any atom is -0.366 e. The molecular formula is C17H27NO2. The van der Waals surface area contributed by atoms with Gasteiger partial charge in [-0.1, -0.05) is 30.3 Å². The maximum absolute atomic E-state index is 10.00. The van der Waals surface area contributed by atoms with Crippen molar-refractivity contribution in [3.8, 4) is 0 Å². The van der Waals surface area contributed by atoms with Gasteiger partial charge in [0, 0.05) is 11.1 Å². The van der Waals surface area contributed by atoms with E-state index >= 15 is 0 Å². The van der Waals surface area contributed by atoms with Gasteiger partial charge < -0.3 is 10.2 Å². The Hall–Kier alpha value is -0.900. The molecule has 3 nitrogen and oxygen atoms in total. The molecule has 0 spiro atoms. The van der Waals surface area contributed by atoms with E-state index < -0.39 is 6.29 Å². The van der Waals surface area contributed by atoms with Crippen LogP contribution in [0.3, 0.4) is 0 Å². The number of hydrogen-bond acceptors (Lipinski definition) is 3. The number of aliphatic hydroxyl groups excluding tert-OH is 1. The molecule has 0 bridgehead atoms. The highest BCUT2D eigenvalue weighted by Crippen LogP contribution is 2.44. The summed E-state index contributed by atoms with van der Waals surface area (Å²) in [5.74, 6) is 0. The summed E-state index contributed by atoms with van der Waals surface area (Å²) in [4.78, 5) is 2.30. The zero-order valence-electron chi connectivity index (χ0n) is 13.0. The Bertz CT molecular complexity index is 424. The molecule has 112 valence electrons. The van der Waals surface area contributed by atoms with Gasteiger partial charge in [0.25, 0.3) is 0 Å². The largest absolute Gasteiger partial charge is 0.366 e. The monoisotopic (exact) mass is 277 g/mol. The lowest BCUT2D eigenvalue weighted by atomic mass is 9.77. The Labute approximate surface area is 122 Å². The van der Waals surface area contributed by atoms with Crippen LogP contribution in [0.1, 0.15) is 58.6 Å².